The van der Waals surface area contributed by atoms with Gasteiger partial charge in [-0.25, -0.2) is 0 Å². The normalized spacial score (nSPS) is 18.3. The van der Waals surface area contributed by atoms with Gasteiger partial charge in [-0.05, 0) is 19.8 Å². The quantitative estimate of drug-likeness (QED) is 0.482. The van der Waals surface area contributed by atoms with Crippen molar-refractivity contribution in [1.29, 1.82) is 0 Å². The third-order valence-electron chi connectivity index (χ3n) is 3.34. The molecule has 7 nitrogen and oxygen atoms in total. The Morgan fingerprint density at radius 1 is 1.57 bits per heavy atom. The van der Waals surface area contributed by atoms with Gasteiger partial charge in [0.25, 0.3) is 5.91 Å². The lowest BCUT2D eigenvalue weighted by Gasteiger charge is -2.31. The molecule has 0 unspecified atom stereocenters. The third kappa shape index (κ3) is 3.57. The van der Waals surface area contributed by atoms with E-state index in [4.69, 9.17) is 4.74 Å². The van der Waals surface area contributed by atoms with Gasteiger partial charge in [0, 0.05) is 24.5 Å². The number of carbonyl (C=O) groups is 2. The Bertz CT molecular complexity index is 557. The van der Waals surface area contributed by atoms with Gasteiger partial charge in [0.05, 0.1) is 23.0 Å². The van der Waals surface area contributed by atoms with E-state index in [1.165, 1.54) is 11.4 Å². The van der Waals surface area contributed by atoms with Crippen molar-refractivity contribution in [1.82, 2.24) is 4.90 Å². The van der Waals surface area contributed by atoms with Crippen molar-refractivity contribution in [2.45, 2.75) is 19.8 Å². The molecule has 1 amide bonds. The number of hydrogen-bond donors (Lipinski definition) is 0. The number of rotatable bonds is 4. The van der Waals surface area contributed by atoms with Crippen LogP contribution in [0.4, 0.5) is 5.00 Å². The number of piperidine rings is 1. The lowest BCUT2D eigenvalue weighted by atomic mass is 9.98. The minimum Gasteiger partial charge on any atom is -0.466 e. The van der Waals surface area contributed by atoms with Gasteiger partial charge in [0.15, 0.2) is 0 Å². The van der Waals surface area contributed by atoms with Crippen LogP contribution < -0.4 is 0 Å². The van der Waals surface area contributed by atoms with E-state index in [1.807, 2.05) is 0 Å². The summed E-state index contributed by atoms with van der Waals surface area (Å²) in [7, 11) is 0. The minimum atomic E-state index is -0.515. The summed E-state index contributed by atoms with van der Waals surface area (Å²) in [5.74, 6) is -0.865. The summed E-state index contributed by atoms with van der Waals surface area (Å²) in [6.45, 7) is 2.92. The highest BCUT2D eigenvalue weighted by molar-refractivity contribution is 7.13. The van der Waals surface area contributed by atoms with Crippen LogP contribution in [-0.4, -0.2) is 41.4 Å². The number of hydrogen-bond acceptors (Lipinski definition) is 6. The molecular formula is C13H16N2O5S. The predicted octanol–water partition coefficient (Wildman–Crippen LogP) is 2.07. The fourth-order valence-electron chi connectivity index (χ4n) is 2.33. The maximum absolute atomic E-state index is 12.3. The first-order valence-electron chi connectivity index (χ1n) is 6.71. The second-order valence-corrected chi connectivity index (χ2v) is 5.66. The highest BCUT2D eigenvalue weighted by atomic mass is 32.1. The van der Waals surface area contributed by atoms with Crippen molar-refractivity contribution in [3.8, 4) is 0 Å². The molecule has 21 heavy (non-hydrogen) atoms. The molecular weight excluding hydrogens is 296 g/mol. The molecule has 0 aliphatic carbocycles. The molecule has 0 radical (unpaired) electrons. The van der Waals surface area contributed by atoms with Gasteiger partial charge in [-0.15, -0.1) is 0 Å². The van der Waals surface area contributed by atoms with Gasteiger partial charge in [0.1, 0.15) is 0 Å². The Labute approximate surface area is 125 Å². The van der Waals surface area contributed by atoms with E-state index in [0.29, 0.717) is 31.7 Å². The SMILES string of the molecule is CCOC(=O)[C@H]1CCCN(C(=O)c2csc([N+](=O)[O-])c2)C1. The highest BCUT2D eigenvalue weighted by Crippen LogP contribution is 2.25. The van der Waals surface area contributed by atoms with E-state index < -0.39 is 4.92 Å². The molecule has 114 valence electrons. The number of likely N-dealkylation sites (tertiary alicyclic amines) is 1. The summed E-state index contributed by atoms with van der Waals surface area (Å²) >= 11 is 0.927. The maximum Gasteiger partial charge on any atom is 0.324 e. The van der Waals surface area contributed by atoms with Crippen LogP contribution in [0.5, 0.6) is 0 Å². The zero-order chi connectivity index (χ0) is 15.4. The Morgan fingerprint density at radius 2 is 2.33 bits per heavy atom. The lowest BCUT2D eigenvalue weighted by molar-refractivity contribution is -0.380. The van der Waals surface area contributed by atoms with Crippen molar-refractivity contribution in [2.75, 3.05) is 19.7 Å². The third-order valence-corrected chi connectivity index (χ3v) is 4.22. The fourth-order valence-corrected chi connectivity index (χ4v) is 3.03. The number of ether oxygens (including phenoxy) is 1. The van der Waals surface area contributed by atoms with Crippen molar-refractivity contribution < 1.29 is 19.2 Å². The fraction of sp³-hybridized carbons (Fsp3) is 0.538. The Balaban J connectivity index is 2.04. The van der Waals surface area contributed by atoms with Crippen LogP contribution in [0.2, 0.25) is 0 Å². The van der Waals surface area contributed by atoms with E-state index in [1.54, 1.807) is 11.8 Å². The first-order chi connectivity index (χ1) is 10.0. The van der Waals surface area contributed by atoms with Crippen molar-refractivity contribution >= 4 is 28.2 Å². The van der Waals surface area contributed by atoms with Gasteiger partial charge in [-0.3, -0.25) is 19.7 Å². The molecule has 2 rings (SSSR count). The average Bonchev–Trinajstić information content (AvgIpc) is 2.97. The highest BCUT2D eigenvalue weighted by Gasteiger charge is 2.30. The van der Waals surface area contributed by atoms with Crippen molar-refractivity contribution in [2.24, 2.45) is 5.92 Å². The van der Waals surface area contributed by atoms with Crippen LogP contribution in [-0.2, 0) is 9.53 Å². The number of thiophene rings is 1. The van der Waals surface area contributed by atoms with E-state index in [0.717, 1.165) is 17.8 Å². The van der Waals surface area contributed by atoms with Crippen LogP contribution in [0.15, 0.2) is 11.4 Å². The molecule has 0 N–H and O–H groups in total. The molecule has 1 atom stereocenters. The van der Waals surface area contributed by atoms with Crippen LogP contribution in [0.25, 0.3) is 0 Å². The Morgan fingerprint density at radius 3 is 2.95 bits per heavy atom. The van der Waals surface area contributed by atoms with E-state index >= 15 is 0 Å². The smallest absolute Gasteiger partial charge is 0.324 e. The summed E-state index contributed by atoms with van der Waals surface area (Å²) in [4.78, 5) is 35.8. The molecule has 0 bridgehead atoms. The first-order valence-corrected chi connectivity index (χ1v) is 7.59. The molecule has 1 aliphatic heterocycles. The largest absolute Gasteiger partial charge is 0.466 e. The number of esters is 1. The minimum absolute atomic E-state index is 0.0581. The number of amides is 1. The first kappa shape index (κ1) is 15.4. The topological polar surface area (TPSA) is 89.8 Å². The van der Waals surface area contributed by atoms with Gasteiger partial charge in [-0.1, -0.05) is 11.3 Å². The van der Waals surface area contributed by atoms with E-state index in [9.17, 15) is 19.7 Å². The zero-order valence-electron chi connectivity index (χ0n) is 11.6. The second-order valence-electron chi connectivity index (χ2n) is 4.77. The molecule has 0 aromatic carbocycles. The van der Waals surface area contributed by atoms with Crippen LogP contribution in [0, 0.1) is 16.0 Å². The summed E-state index contributed by atoms with van der Waals surface area (Å²) in [5, 5.41) is 12.1. The Hall–Kier alpha value is -1.96. The number of carbonyl (C=O) groups excluding carboxylic acids is 2. The molecule has 1 aliphatic rings. The maximum atomic E-state index is 12.3. The monoisotopic (exact) mass is 312 g/mol. The van der Waals surface area contributed by atoms with Crippen molar-refractivity contribution in [3.05, 3.63) is 27.1 Å². The second kappa shape index (κ2) is 6.66. The number of nitrogens with zero attached hydrogens (tertiary/aromatic N) is 2. The summed E-state index contributed by atoms with van der Waals surface area (Å²) < 4.78 is 4.99. The lowest BCUT2D eigenvalue weighted by Crippen LogP contribution is -2.42. The molecule has 1 aromatic heterocycles. The number of nitro groups is 1. The van der Waals surface area contributed by atoms with Gasteiger partial charge in [-0.2, -0.15) is 0 Å². The summed E-state index contributed by atoms with van der Waals surface area (Å²) in [6.07, 6.45) is 1.42. The van der Waals surface area contributed by atoms with E-state index in [2.05, 4.69) is 0 Å². The van der Waals surface area contributed by atoms with Crippen LogP contribution in [0.3, 0.4) is 0 Å². The van der Waals surface area contributed by atoms with Crippen molar-refractivity contribution in [3.63, 3.8) is 0 Å². The predicted molar refractivity (Wildman–Crippen MR) is 76.2 cm³/mol. The summed E-state index contributed by atoms with van der Waals surface area (Å²) in [6, 6.07) is 1.28. The van der Waals surface area contributed by atoms with Crippen LogP contribution in [0.1, 0.15) is 30.1 Å². The standard InChI is InChI=1S/C13H16N2O5S/c1-2-20-13(17)9-4-3-5-14(7-9)12(16)10-6-11(15(18)19)21-8-10/h6,8-9H,2-5,7H2,1H3/t9-/m0/s1. The van der Waals surface area contributed by atoms with Gasteiger partial charge < -0.3 is 9.64 Å². The molecule has 1 aromatic rings. The molecule has 0 saturated carbocycles. The van der Waals surface area contributed by atoms with Gasteiger partial charge in [0.2, 0.25) is 0 Å². The average molecular weight is 312 g/mol. The summed E-state index contributed by atoms with van der Waals surface area (Å²) in [5.41, 5.74) is 0.302. The van der Waals surface area contributed by atoms with E-state index in [-0.39, 0.29) is 22.8 Å². The zero-order valence-corrected chi connectivity index (χ0v) is 12.4. The molecule has 8 heteroatoms. The molecule has 1 saturated heterocycles. The van der Waals surface area contributed by atoms with Gasteiger partial charge >= 0.3 is 11.0 Å². The Kier molecular flexibility index (Phi) is 4.89. The molecule has 0 spiro atoms. The molecule has 1 fully saturated rings. The molecule has 2 heterocycles. The van der Waals surface area contributed by atoms with Crippen LogP contribution >= 0.6 is 11.3 Å².